The molecule has 0 saturated carbocycles. The van der Waals surface area contributed by atoms with E-state index < -0.39 is 10.0 Å². The molecule has 0 N–H and O–H groups in total. The normalized spacial score (nSPS) is 18.1. The molecule has 148 valence electrons. The van der Waals surface area contributed by atoms with Gasteiger partial charge in [-0.3, -0.25) is 0 Å². The van der Waals surface area contributed by atoms with Crippen LogP contribution in [0.15, 0.2) is 38.8 Å². The van der Waals surface area contributed by atoms with E-state index in [9.17, 15) is 8.42 Å². The smallest absolute Gasteiger partial charge is 0.276 e. The van der Waals surface area contributed by atoms with Gasteiger partial charge in [-0.1, -0.05) is 31.7 Å². The van der Waals surface area contributed by atoms with Crippen molar-refractivity contribution in [3.8, 4) is 11.5 Å². The van der Waals surface area contributed by atoms with E-state index in [1.165, 1.54) is 22.5 Å². The van der Waals surface area contributed by atoms with Gasteiger partial charge >= 0.3 is 0 Å². The second-order valence-corrected chi connectivity index (χ2v) is 9.20. The molecular weight excluding hydrogens is 386 g/mol. The van der Waals surface area contributed by atoms with Crippen LogP contribution in [0.2, 0.25) is 0 Å². The highest BCUT2D eigenvalue weighted by Crippen LogP contribution is 2.27. The lowest BCUT2D eigenvalue weighted by molar-refractivity contribution is 0.0314. The van der Waals surface area contributed by atoms with Crippen molar-refractivity contribution < 1.29 is 17.6 Å². The van der Waals surface area contributed by atoms with Crippen LogP contribution in [0.25, 0.3) is 11.5 Å². The quantitative estimate of drug-likeness (QED) is 0.615. The summed E-state index contributed by atoms with van der Waals surface area (Å²) in [6.45, 7) is 5.31. The Hall–Kier alpha value is -1.42. The van der Waals surface area contributed by atoms with Gasteiger partial charge < -0.3 is 9.15 Å². The number of benzene rings is 1. The summed E-state index contributed by atoms with van der Waals surface area (Å²) >= 11 is 1.47. The van der Waals surface area contributed by atoms with E-state index in [2.05, 4.69) is 10.2 Å². The second kappa shape index (κ2) is 9.18. The Morgan fingerprint density at radius 1 is 1.22 bits per heavy atom. The highest BCUT2D eigenvalue weighted by Gasteiger charge is 2.23. The molecule has 3 rings (SSSR count). The molecule has 1 aliphatic heterocycles. The maximum absolute atomic E-state index is 12.7. The van der Waals surface area contributed by atoms with Crippen LogP contribution in [-0.2, 0) is 14.8 Å². The maximum atomic E-state index is 12.7. The lowest BCUT2D eigenvalue weighted by atomic mass is 10.1. The van der Waals surface area contributed by atoms with E-state index in [0.29, 0.717) is 29.8 Å². The van der Waals surface area contributed by atoms with Crippen molar-refractivity contribution in [3.63, 3.8) is 0 Å². The molecule has 0 aliphatic carbocycles. The molecule has 27 heavy (non-hydrogen) atoms. The summed E-state index contributed by atoms with van der Waals surface area (Å²) in [7, 11) is -3.53. The molecule has 7 nitrogen and oxygen atoms in total. The van der Waals surface area contributed by atoms with Crippen molar-refractivity contribution in [1.29, 1.82) is 0 Å². The van der Waals surface area contributed by atoms with Crippen LogP contribution in [0.3, 0.4) is 0 Å². The fourth-order valence-corrected chi connectivity index (χ4v) is 5.32. The van der Waals surface area contributed by atoms with Crippen LogP contribution in [0.4, 0.5) is 0 Å². The summed E-state index contributed by atoms with van der Waals surface area (Å²) in [5.74, 6) is 1.09. The Morgan fingerprint density at radius 3 is 2.74 bits per heavy atom. The Labute approximate surface area is 164 Å². The van der Waals surface area contributed by atoms with E-state index in [-0.39, 0.29) is 11.0 Å². The average molecular weight is 412 g/mol. The largest absolute Gasteiger partial charge is 0.411 e. The number of hydrogen-bond acceptors (Lipinski definition) is 7. The molecule has 1 aliphatic rings. The Kier molecular flexibility index (Phi) is 6.91. The highest BCUT2D eigenvalue weighted by molar-refractivity contribution is 7.99. The number of thioether (sulfide) groups is 1. The van der Waals surface area contributed by atoms with E-state index in [1.54, 1.807) is 24.3 Å². The number of hydrogen-bond donors (Lipinski definition) is 0. The monoisotopic (exact) mass is 411 g/mol. The summed E-state index contributed by atoms with van der Waals surface area (Å²) in [6.07, 6.45) is 3.59. The topological polar surface area (TPSA) is 85.5 Å². The molecule has 0 amide bonds. The molecule has 0 spiro atoms. The van der Waals surface area contributed by atoms with E-state index in [0.717, 1.165) is 25.2 Å². The number of sulfonamides is 1. The second-order valence-electron chi connectivity index (χ2n) is 6.29. The molecule has 1 unspecified atom stereocenters. The zero-order valence-corrected chi connectivity index (χ0v) is 17.3. The molecule has 1 aromatic carbocycles. The molecule has 9 heteroatoms. The number of nitrogens with zero attached hydrogens (tertiary/aromatic N) is 3. The third-order valence-corrected chi connectivity index (χ3v) is 7.49. The lowest BCUT2D eigenvalue weighted by Crippen LogP contribution is -2.30. The number of rotatable bonds is 8. The van der Waals surface area contributed by atoms with Gasteiger partial charge in [-0.15, -0.1) is 10.2 Å². The predicted molar refractivity (Wildman–Crippen MR) is 104 cm³/mol. The SMILES string of the molecule is CCN(CC)S(=O)(=O)c1cccc(-c2nnc(SCC3CCCCO3)o2)c1. The summed E-state index contributed by atoms with van der Waals surface area (Å²) in [6, 6.07) is 6.63. The first-order chi connectivity index (χ1) is 13.0. The number of aromatic nitrogens is 2. The van der Waals surface area contributed by atoms with Crippen LogP contribution in [-0.4, -0.2) is 54.5 Å². The molecule has 1 fully saturated rings. The van der Waals surface area contributed by atoms with Crippen molar-refractivity contribution in [1.82, 2.24) is 14.5 Å². The van der Waals surface area contributed by atoms with Crippen molar-refractivity contribution in [2.45, 2.75) is 49.3 Å². The lowest BCUT2D eigenvalue weighted by Gasteiger charge is -2.21. The highest BCUT2D eigenvalue weighted by atomic mass is 32.2. The number of ether oxygens (including phenoxy) is 1. The predicted octanol–water partition coefficient (Wildman–Crippen LogP) is 3.43. The molecule has 1 atom stereocenters. The summed E-state index contributed by atoms with van der Waals surface area (Å²) in [5.41, 5.74) is 0.594. The van der Waals surface area contributed by atoms with Gasteiger partial charge in [-0.05, 0) is 37.5 Å². The Morgan fingerprint density at radius 2 is 2.04 bits per heavy atom. The van der Waals surface area contributed by atoms with Gasteiger partial charge in [0.2, 0.25) is 15.9 Å². The van der Waals surface area contributed by atoms with Crippen LogP contribution in [0.5, 0.6) is 0 Å². The first kappa shape index (κ1) is 20.3. The van der Waals surface area contributed by atoms with E-state index in [4.69, 9.17) is 9.15 Å². The standard InChI is InChI=1S/C18H25N3O4S2/c1-3-21(4-2)27(22,23)16-10-7-8-14(12-16)17-19-20-18(25-17)26-13-15-9-5-6-11-24-15/h7-8,10,12,15H,3-6,9,11,13H2,1-2H3. The van der Waals surface area contributed by atoms with Crippen LogP contribution >= 0.6 is 11.8 Å². The van der Waals surface area contributed by atoms with Gasteiger partial charge in [0, 0.05) is 31.0 Å². The average Bonchev–Trinajstić information content (AvgIpc) is 3.17. The zero-order valence-electron chi connectivity index (χ0n) is 15.6. The van der Waals surface area contributed by atoms with Crippen molar-refractivity contribution >= 4 is 21.8 Å². The first-order valence-electron chi connectivity index (χ1n) is 9.23. The summed E-state index contributed by atoms with van der Waals surface area (Å²) in [4.78, 5) is 0.228. The molecular formula is C18H25N3O4S2. The third-order valence-electron chi connectivity index (χ3n) is 4.50. The van der Waals surface area contributed by atoms with Crippen LogP contribution < -0.4 is 0 Å². The van der Waals surface area contributed by atoms with Gasteiger partial charge in [0.05, 0.1) is 11.0 Å². The minimum absolute atomic E-state index is 0.224. The Bertz CT molecular complexity index is 844. The van der Waals surface area contributed by atoms with Gasteiger partial charge in [0.15, 0.2) is 0 Å². The van der Waals surface area contributed by atoms with Crippen LogP contribution in [0.1, 0.15) is 33.1 Å². The van der Waals surface area contributed by atoms with Crippen LogP contribution in [0, 0.1) is 0 Å². The zero-order chi connectivity index (χ0) is 19.3. The fraction of sp³-hybridized carbons (Fsp3) is 0.556. The first-order valence-corrected chi connectivity index (χ1v) is 11.7. The molecule has 1 aromatic heterocycles. The van der Waals surface area contributed by atoms with Crippen molar-refractivity contribution in [2.75, 3.05) is 25.4 Å². The third kappa shape index (κ3) is 4.90. The Balaban J connectivity index is 1.73. The maximum Gasteiger partial charge on any atom is 0.276 e. The van der Waals surface area contributed by atoms with E-state index in [1.807, 2.05) is 13.8 Å². The molecule has 0 bridgehead atoms. The van der Waals surface area contributed by atoms with Crippen molar-refractivity contribution in [3.05, 3.63) is 24.3 Å². The van der Waals surface area contributed by atoms with Crippen molar-refractivity contribution in [2.24, 2.45) is 0 Å². The minimum atomic E-state index is -3.53. The molecule has 0 radical (unpaired) electrons. The molecule has 2 heterocycles. The fourth-order valence-electron chi connectivity index (χ4n) is 2.99. The van der Waals surface area contributed by atoms with Gasteiger partial charge in [0.25, 0.3) is 5.22 Å². The summed E-state index contributed by atoms with van der Waals surface area (Å²) in [5, 5.41) is 8.61. The van der Waals surface area contributed by atoms with Gasteiger partial charge in [-0.2, -0.15) is 4.31 Å². The van der Waals surface area contributed by atoms with E-state index >= 15 is 0 Å². The molecule has 2 aromatic rings. The minimum Gasteiger partial charge on any atom is -0.411 e. The summed E-state index contributed by atoms with van der Waals surface area (Å²) < 4.78 is 38.3. The van der Waals surface area contributed by atoms with Gasteiger partial charge in [-0.25, -0.2) is 8.42 Å². The van der Waals surface area contributed by atoms with Gasteiger partial charge in [0.1, 0.15) is 0 Å². The molecule has 1 saturated heterocycles.